The maximum atomic E-state index is 11.3. The third-order valence-electron chi connectivity index (χ3n) is 2.46. The van der Waals surface area contributed by atoms with E-state index in [1.54, 1.807) is 4.90 Å². The first-order valence-electron chi connectivity index (χ1n) is 4.56. The Kier molecular flexibility index (Phi) is 3.42. The molecule has 0 aromatic heterocycles. The normalized spacial score (nSPS) is 24.9. The number of nitrogens with zero attached hydrogens (tertiary/aromatic N) is 2. The van der Waals surface area contributed by atoms with Crippen LogP contribution in [-0.4, -0.2) is 54.7 Å². The van der Waals surface area contributed by atoms with Gasteiger partial charge in [0.2, 0.25) is 5.91 Å². The Morgan fingerprint density at radius 3 is 2.92 bits per heavy atom. The molecule has 1 aliphatic heterocycles. The SMILES string of the molecule is CC1CN(C)C(=O)CN1CCC=O. The topological polar surface area (TPSA) is 40.6 Å². The maximum Gasteiger partial charge on any atom is 0.236 e. The molecule has 1 fully saturated rings. The van der Waals surface area contributed by atoms with Crippen LogP contribution in [0.3, 0.4) is 0 Å². The van der Waals surface area contributed by atoms with Crippen molar-refractivity contribution in [1.82, 2.24) is 9.80 Å². The molecule has 74 valence electrons. The van der Waals surface area contributed by atoms with E-state index in [1.165, 1.54) is 0 Å². The van der Waals surface area contributed by atoms with Crippen molar-refractivity contribution in [3.63, 3.8) is 0 Å². The van der Waals surface area contributed by atoms with E-state index in [-0.39, 0.29) is 5.91 Å². The Balaban J connectivity index is 2.46. The molecule has 4 nitrogen and oxygen atoms in total. The summed E-state index contributed by atoms with van der Waals surface area (Å²) in [6.45, 7) is 3.99. The summed E-state index contributed by atoms with van der Waals surface area (Å²) in [6, 6.07) is 0.364. The van der Waals surface area contributed by atoms with E-state index < -0.39 is 0 Å². The fourth-order valence-electron chi connectivity index (χ4n) is 1.58. The predicted octanol–water partition coefficient (Wildman–Crippen LogP) is -0.262. The van der Waals surface area contributed by atoms with Gasteiger partial charge < -0.3 is 9.69 Å². The van der Waals surface area contributed by atoms with E-state index in [0.717, 1.165) is 12.8 Å². The summed E-state index contributed by atoms with van der Waals surface area (Å²) in [4.78, 5) is 25.3. The Morgan fingerprint density at radius 2 is 2.31 bits per heavy atom. The van der Waals surface area contributed by atoms with Crippen molar-refractivity contribution in [2.24, 2.45) is 0 Å². The number of carbonyl (C=O) groups excluding carboxylic acids is 2. The largest absolute Gasteiger partial charge is 0.343 e. The number of amides is 1. The molecule has 1 atom stereocenters. The van der Waals surface area contributed by atoms with Crippen LogP contribution in [-0.2, 0) is 9.59 Å². The molecule has 0 aromatic carbocycles. The van der Waals surface area contributed by atoms with E-state index in [9.17, 15) is 9.59 Å². The van der Waals surface area contributed by atoms with Crippen molar-refractivity contribution in [3.05, 3.63) is 0 Å². The number of hydrogen-bond donors (Lipinski definition) is 0. The molecule has 1 unspecified atom stereocenters. The highest BCUT2D eigenvalue weighted by Gasteiger charge is 2.26. The quantitative estimate of drug-likeness (QED) is 0.567. The molecule has 0 radical (unpaired) electrons. The van der Waals surface area contributed by atoms with E-state index in [2.05, 4.69) is 11.8 Å². The average molecular weight is 184 g/mol. The summed E-state index contributed by atoms with van der Waals surface area (Å²) < 4.78 is 0. The molecular formula is C9H16N2O2. The number of likely N-dealkylation sites (N-methyl/N-ethyl adjacent to an activating group) is 1. The summed E-state index contributed by atoms with van der Waals surface area (Å²) in [5.74, 6) is 0.143. The Labute approximate surface area is 78.5 Å². The molecule has 1 rings (SSSR count). The molecule has 1 amide bonds. The summed E-state index contributed by atoms with van der Waals surface area (Å²) in [7, 11) is 1.82. The van der Waals surface area contributed by atoms with Gasteiger partial charge in [0.1, 0.15) is 6.29 Å². The van der Waals surface area contributed by atoms with Crippen molar-refractivity contribution in [3.8, 4) is 0 Å². The summed E-state index contributed by atoms with van der Waals surface area (Å²) in [5, 5.41) is 0. The van der Waals surface area contributed by atoms with Crippen LogP contribution >= 0.6 is 0 Å². The van der Waals surface area contributed by atoms with Gasteiger partial charge in [-0.1, -0.05) is 0 Å². The second kappa shape index (κ2) is 4.37. The standard InChI is InChI=1S/C9H16N2O2/c1-8-6-10(2)9(13)7-11(8)4-3-5-12/h5,8H,3-4,6-7H2,1-2H3. The molecule has 0 aliphatic carbocycles. The molecule has 4 heteroatoms. The molecule has 0 spiro atoms. The van der Waals surface area contributed by atoms with E-state index in [4.69, 9.17) is 0 Å². The van der Waals surface area contributed by atoms with Gasteiger partial charge in [0, 0.05) is 32.6 Å². The second-order valence-corrected chi connectivity index (χ2v) is 3.55. The lowest BCUT2D eigenvalue weighted by Gasteiger charge is -2.37. The summed E-state index contributed by atoms with van der Waals surface area (Å²) >= 11 is 0. The molecule has 1 saturated heterocycles. The Hall–Kier alpha value is -0.900. The summed E-state index contributed by atoms with van der Waals surface area (Å²) in [5.41, 5.74) is 0. The van der Waals surface area contributed by atoms with Gasteiger partial charge in [0.05, 0.1) is 6.54 Å². The first kappa shape index (κ1) is 10.2. The van der Waals surface area contributed by atoms with Crippen molar-refractivity contribution in [1.29, 1.82) is 0 Å². The predicted molar refractivity (Wildman–Crippen MR) is 49.4 cm³/mol. The van der Waals surface area contributed by atoms with Crippen LogP contribution in [0.1, 0.15) is 13.3 Å². The van der Waals surface area contributed by atoms with Crippen LogP contribution in [0.25, 0.3) is 0 Å². The zero-order chi connectivity index (χ0) is 9.84. The highest BCUT2D eigenvalue weighted by atomic mass is 16.2. The van der Waals surface area contributed by atoms with Crippen molar-refractivity contribution in [2.45, 2.75) is 19.4 Å². The molecule has 1 heterocycles. The summed E-state index contributed by atoms with van der Waals surface area (Å²) in [6.07, 6.45) is 1.41. The number of rotatable bonds is 3. The average Bonchev–Trinajstić information content (AvgIpc) is 2.09. The van der Waals surface area contributed by atoms with Crippen LogP contribution in [0, 0.1) is 0 Å². The number of aldehydes is 1. The van der Waals surface area contributed by atoms with Gasteiger partial charge in [-0.15, -0.1) is 0 Å². The zero-order valence-electron chi connectivity index (χ0n) is 8.19. The molecule has 0 saturated carbocycles. The maximum absolute atomic E-state index is 11.3. The lowest BCUT2D eigenvalue weighted by Crippen LogP contribution is -2.53. The van der Waals surface area contributed by atoms with E-state index >= 15 is 0 Å². The fraction of sp³-hybridized carbons (Fsp3) is 0.778. The lowest BCUT2D eigenvalue weighted by molar-refractivity contribution is -0.136. The van der Waals surface area contributed by atoms with Crippen LogP contribution in [0.5, 0.6) is 0 Å². The van der Waals surface area contributed by atoms with Gasteiger partial charge in [-0.25, -0.2) is 0 Å². The zero-order valence-corrected chi connectivity index (χ0v) is 8.19. The van der Waals surface area contributed by atoms with Crippen molar-refractivity contribution < 1.29 is 9.59 Å². The highest BCUT2D eigenvalue weighted by Crippen LogP contribution is 2.08. The van der Waals surface area contributed by atoms with Gasteiger partial charge in [0.25, 0.3) is 0 Å². The van der Waals surface area contributed by atoms with Crippen LogP contribution < -0.4 is 0 Å². The van der Waals surface area contributed by atoms with Crippen LogP contribution in [0.15, 0.2) is 0 Å². The lowest BCUT2D eigenvalue weighted by atomic mass is 10.2. The van der Waals surface area contributed by atoms with Crippen LogP contribution in [0.4, 0.5) is 0 Å². The first-order valence-corrected chi connectivity index (χ1v) is 4.56. The van der Waals surface area contributed by atoms with Gasteiger partial charge in [-0.2, -0.15) is 0 Å². The monoisotopic (exact) mass is 184 g/mol. The van der Waals surface area contributed by atoms with Gasteiger partial charge in [0.15, 0.2) is 0 Å². The minimum atomic E-state index is 0.143. The highest BCUT2D eigenvalue weighted by molar-refractivity contribution is 5.78. The number of hydrogen-bond acceptors (Lipinski definition) is 3. The number of carbonyl (C=O) groups is 2. The number of piperazine rings is 1. The third-order valence-corrected chi connectivity index (χ3v) is 2.46. The molecule has 0 bridgehead atoms. The third kappa shape index (κ3) is 2.52. The van der Waals surface area contributed by atoms with Gasteiger partial charge in [-0.05, 0) is 6.92 Å². The molecular weight excluding hydrogens is 168 g/mol. The Bertz CT molecular complexity index is 206. The fourth-order valence-corrected chi connectivity index (χ4v) is 1.58. The van der Waals surface area contributed by atoms with Gasteiger partial charge >= 0.3 is 0 Å². The smallest absolute Gasteiger partial charge is 0.236 e. The molecule has 13 heavy (non-hydrogen) atoms. The minimum Gasteiger partial charge on any atom is -0.343 e. The van der Waals surface area contributed by atoms with Crippen LogP contribution in [0.2, 0.25) is 0 Å². The molecule has 0 aromatic rings. The van der Waals surface area contributed by atoms with Crippen molar-refractivity contribution >= 4 is 12.2 Å². The second-order valence-electron chi connectivity index (χ2n) is 3.55. The Morgan fingerprint density at radius 1 is 1.62 bits per heavy atom. The van der Waals surface area contributed by atoms with E-state index in [1.807, 2.05) is 7.05 Å². The molecule has 1 aliphatic rings. The van der Waals surface area contributed by atoms with Crippen molar-refractivity contribution in [2.75, 3.05) is 26.7 Å². The minimum absolute atomic E-state index is 0.143. The van der Waals surface area contributed by atoms with Gasteiger partial charge in [-0.3, -0.25) is 9.69 Å². The first-order chi connectivity index (χ1) is 6.15. The molecule has 0 N–H and O–H groups in total. The van der Waals surface area contributed by atoms with E-state index in [0.29, 0.717) is 25.6 Å².